The molecule has 0 aliphatic heterocycles. The Kier molecular flexibility index (Phi) is 10.9. The zero-order chi connectivity index (χ0) is 34.8. The number of carbonyl (C=O) groups is 4. The summed E-state index contributed by atoms with van der Waals surface area (Å²) in [5, 5.41) is 16.4. The van der Waals surface area contributed by atoms with Crippen LogP contribution in [0, 0.1) is 29.4 Å². The van der Waals surface area contributed by atoms with Gasteiger partial charge < -0.3 is 32.2 Å². The largest absolute Gasteiger partial charge is 0.479 e. The first-order valence-electron chi connectivity index (χ1n) is 15.2. The van der Waals surface area contributed by atoms with Gasteiger partial charge in [-0.05, 0) is 48.1 Å². The molecule has 3 amide bonds. The van der Waals surface area contributed by atoms with Crippen LogP contribution in [0.3, 0.4) is 0 Å². The second-order valence-corrected chi connectivity index (χ2v) is 13.3. The predicted octanol–water partition coefficient (Wildman–Crippen LogP) is 4.26. The maximum Gasteiger partial charge on any atom is 0.329 e. The van der Waals surface area contributed by atoms with Crippen LogP contribution >= 0.6 is 23.8 Å². The van der Waals surface area contributed by atoms with E-state index in [-0.39, 0.29) is 46.6 Å². The number of aliphatic carboxylic acids is 1. The average molecular weight is 690 g/mol. The molecule has 0 spiro atoms. The average Bonchev–Trinajstić information content (AvgIpc) is 3.37. The van der Waals surface area contributed by atoms with Gasteiger partial charge in [0, 0.05) is 35.3 Å². The zero-order valence-corrected chi connectivity index (χ0v) is 27.7. The van der Waals surface area contributed by atoms with Crippen molar-refractivity contribution in [2.75, 3.05) is 0 Å². The molecule has 4 rings (SSSR count). The molecule has 14 heteroatoms. The molecule has 6 atom stereocenters. The topological polar surface area (TPSA) is 180 Å². The van der Waals surface area contributed by atoms with Crippen molar-refractivity contribution in [3.63, 3.8) is 0 Å². The van der Waals surface area contributed by atoms with Crippen molar-refractivity contribution in [3.8, 4) is 0 Å². The normalized spacial score (nSPS) is 20.0. The van der Waals surface area contributed by atoms with Crippen molar-refractivity contribution in [1.29, 1.82) is 0 Å². The highest BCUT2D eigenvalue weighted by molar-refractivity contribution is 7.80. The highest BCUT2D eigenvalue weighted by Crippen LogP contribution is 2.47. The summed E-state index contributed by atoms with van der Waals surface area (Å²) in [6.07, 6.45) is -0.413. The fraction of sp³-hybridized carbons (Fsp3) is 0.424. The van der Waals surface area contributed by atoms with E-state index in [9.17, 15) is 33.1 Å². The standard InChI is InChI=1S/C33H38ClF2N5O5S/c1-4-15(2)26(39-25(42)10-17-7-5-6-8-24(17)36)31(44)41-33(32(45)46)13-21-19-11-18(35)12-23(34)28(19)40-27(21)22(14-33)20(29(37)43)9-16(3)30(38)47/h5-8,11-12,15-16,20,22,26,40H,4,9-10,13-14H2,1-3H3,(H2,37,43)(H2,38,47)(H,39,42)(H,41,44)(H,45,46)/t15?,16?,20?,22?,26?,33-/m0/s1. The molecule has 1 heterocycles. The van der Waals surface area contributed by atoms with E-state index in [4.69, 9.17) is 35.3 Å². The summed E-state index contributed by atoms with van der Waals surface area (Å²) in [5.41, 5.74) is 11.0. The maximum absolute atomic E-state index is 14.6. The van der Waals surface area contributed by atoms with Crippen LogP contribution in [0.2, 0.25) is 5.02 Å². The van der Waals surface area contributed by atoms with Gasteiger partial charge in [-0.3, -0.25) is 14.4 Å². The van der Waals surface area contributed by atoms with Crippen LogP contribution in [0.1, 0.15) is 62.8 Å². The number of primary amides is 1. The number of carboxylic acid groups (broad SMARTS) is 1. The third-order valence-electron chi connectivity index (χ3n) is 9.22. The van der Waals surface area contributed by atoms with Gasteiger partial charge in [0.05, 0.1) is 21.9 Å². The Hall–Kier alpha value is -4.10. The van der Waals surface area contributed by atoms with Crippen molar-refractivity contribution in [3.05, 3.63) is 69.9 Å². The minimum absolute atomic E-state index is 0.0413. The van der Waals surface area contributed by atoms with E-state index in [1.807, 2.05) is 0 Å². The summed E-state index contributed by atoms with van der Waals surface area (Å²) in [4.78, 5) is 56.5. The summed E-state index contributed by atoms with van der Waals surface area (Å²) in [6, 6.07) is 6.87. The molecule has 10 nitrogen and oxygen atoms in total. The minimum atomic E-state index is -2.02. The van der Waals surface area contributed by atoms with Gasteiger partial charge in [-0.1, -0.05) is 69.2 Å². The molecule has 0 fully saturated rings. The van der Waals surface area contributed by atoms with Gasteiger partial charge in [-0.2, -0.15) is 0 Å². The Bertz CT molecular complexity index is 1730. The molecule has 0 radical (unpaired) electrons. The van der Waals surface area contributed by atoms with E-state index in [1.165, 1.54) is 24.3 Å². The highest BCUT2D eigenvalue weighted by atomic mass is 35.5. The van der Waals surface area contributed by atoms with Crippen LogP contribution in [-0.2, 0) is 32.0 Å². The number of fused-ring (bicyclic) bond motifs is 3. The van der Waals surface area contributed by atoms with Crippen molar-refractivity contribution < 1.29 is 33.1 Å². The summed E-state index contributed by atoms with van der Waals surface area (Å²) in [5.74, 6) is -7.64. The SMILES string of the molecule is CCC(C)C(NC(=O)Cc1ccccc1F)C(=O)N[C@@]1(C(=O)O)Cc2c([nH]c3c(Cl)cc(F)cc23)C(C(CC(C)C(N)=S)C(N)=O)C1. The number of benzene rings is 2. The lowest BCUT2D eigenvalue weighted by Crippen LogP contribution is -2.63. The molecule has 252 valence electrons. The Morgan fingerprint density at radius 1 is 1.17 bits per heavy atom. The van der Waals surface area contributed by atoms with Gasteiger partial charge in [0.15, 0.2) is 0 Å². The molecule has 1 aliphatic carbocycles. The Morgan fingerprint density at radius 2 is 1.85 bits per heavy atom. The Labute approximate surface area is 281 Å². The summed E-state index contributed by atoms with van der Waals surface area (Å²) in [7, 11) is 0. The number of aromatic nitrogens is 1. The number of carbonyl (C=O) groups excluding carboxylic acids is 3. The number of H-pyrrole nitrogens is 1. The summed E-state index contributed by atoms with van der Waals surface area (Å²) >= 11 is 11.5. The smallest absolute Gasteiger partial charge is 0.329 e. The molecule has 5 unspecified atom stereocenters. The van der Waals surface area contributed by atoms with Gasteiger partial charge in [0.1, 0.15) is 23.2 Å². The minimum Gasteiger partial charge on any atom is -0.479 e. The number of nitrogens with one attached hydrogen (secondary N) is 3. The molecule has 0 bridgehead atoms. The quantitative estimate of drug-likeness (QED) is 0.145. The molecule has 2 aromatic carbocycles. The lowest BCUT2D eigenvalue weighted by Gasteiger charge is -2.41. The van der Waals surface area contributed by atoms with Crippen molar-refractivity contribution in [2.24, 2.45) is 29.2 Å². The van der Waals surface area contributed by atoms with E-state index in [1.54, 1.807) is 26.8 Å². The van der Waals surface area contributed by atoms with Crippen molar-refractivity contribution in [2.45, 2.75) is 70.4 Å². The first-order chi connectivity index (χ1) is 22.1. The number of halogens is 3. The van der Waals surface area contributed by atoms with Gasteiger partial charge in [0.25, 0.3) is 0 Å². The molecular weight excluding hydrogens is 652 g/mol. The molecule has 1 aromatic heterocycles. The van der Waals surface area contributed by atoms with Gasteiger partial charge in [-0.25, -0.2) is 13.6 Å². The molecule has 3 aromatic rings. The third kappa shape index (κ3) is 7.57. The molecule has 1 aliphatic rings. The fourth-order valence-corrected chi connectivity index (χ4v) is 6.69. The zero-order valence-electron chi connectivity index (χ0n) is 26.2. The van der Waals surface area contributed by atoms with E-state index < -0.39 is 70.6 Å². The first kappa shape index (κ1) is 35.7. The van der Waals surface area contributed by atoms with Crippen LogP contribution in [0.5, 0.6) is 0 Å². The van der Waals surface area contributed by atoms with E-state index >= 15 is 0 Å². The first-order valence-corrected chi connectivity index (χ1v) is 16.0. The van der Waals surface area contributed by atoms with Crippen LogP contribution in [0.15, 0.2) is 36.4 Å². The number of aromatic amines is 1. The molecule has 8 N–H and O–H groups in total. The van der Waals surface area contributed by atoms with Crippen molar-refractivity contribution in [1.82, 2.24) is 15.6 Å². The lowest BCUT2D eigenvalue weighted by atomic mass is 9.68. The fourth-order valence-electron chi connectivity index (χ4n) is 6.34. The number of nitrogens with two attached hydrogens (primary N) is 2. The maximum atomic E-state index is 14.6. The summed E-state index contributed by atoms with van der Waals surface area (Å²) < 4.78 is 28.9. The monoisotopic (exact) mass is 689 g/mol. The van der Waals surface area contributed by atoms with Gasteiger partial charge in [0.2, 0.25) is 17.7 Å². The van der Waals surface area contributed by atoms with E-state index in [0.717, 1.165) is 6.07 Å². The van der Waals surface area contributed by atoms with Crippen LogP contribution in [0.4, 0.5) is 8.78 Å². The van der Waals surface area contributed by atoms with Crippen LogP contribution in [-0.4, -0.2) is 50.4 Å². The predicted molar refractivity (Wildman–Crippen MR) is 178 cm³/mol. The van der Waals surface area contributed by atoms with E-state index in [0.29, 0.717) is 23.2 Å². The molecular formula is C33H38ClF2N5O5S. The number of amides is 3. The highest BCUT2D eigenvalue weighted by Gasteiger charge is 2.51. The van der Waals surface area contributed by atoms with Crippen LogP contribution in [0.25, 0.3) is 10.9 Å². The molecule has 47 heavy (non-hydrogen) atoms. The van der Waals surface area contributed by atoms with Gasteiger partial charge in [-0.15, -0.1) is 0 Å². The summed E-state index contributed by atoms with van der Waals surface area (Å²) in [6.45, 7) is 5.23. The Balaban J connectivity index is 1.78. The molecule has 0 saturated heterocycles. The number of rotatable bonds is 13. The van der Waals surface area contributed by atoms with Gasteiger partial charge >= 0.3 is 5.97 Å². The lowest BCUT2D eigenvalue weighted by molar-refractivity contribution is -0.149. The second kappa shape index (κ2) is 14.3. The second-order valence-electron chi connectivity index (χ2n) is 12.4. The number of hydrogen-bond acceptors (Lipinski definition) is 5. The van der Waals surface area contributed by atoms with E-state index in [2.05, 4.69) is 15.6 Å². The number of thiocarbonyl (C=S) groups is 1. The van der Waals surface area contributed by atoms with Crippen molar-refractivity contribution >= 4 is 63.4 Å². The number of carboxylic acids is 1. The van der Waals surface area contributed by atoms with Crippen LogP contribution < -0.4 is 22.1 Å². The number of hydrogen-bond donors (Lipinski definition) is 6. The third-order valence-corrected chi connectivity index (χ3v) is 9.92. The molecule has 0 saturated carbocycles. The Morgan fingerprint density at radius 3 is 2.45 bits per heavy atom.